The van der Waals surface area contributed by atoms with Crippen molar-refractivity contribution in [2.45, 2.75) is 19.8 Å². The molecular formula is C12H16N2O. The Bertz CT molecular complexity index is 387. The Kier molecular flexibility index (Phi) is 2.73. The molecule has 0 fully saturated rings. The molecule has 1 unspecified atom stereocenters. The zero-order valence-corrected chi connectivity index (χ0v) is 8.92. The summed E-state index contributed by atoms with van der Waals surface area (Å²) in [7, 11) is 0. The SMILES string of the molecule is CCc1ccc2c(c1)CC(CN)C(=O)N2. The van der Waals surface area contributed by atoms with Crippen molar-refractivity contribution < 1.29 is 4.79 Å². The van der Waals surface area contributed by atoms with Crippen LogP contribution in [0.25, 0.3) is 0 Å². The van der Waals surface area contributed by atoms with Crippen LogP contribution < -0.4 is 11.1 Å². The summed E-state index contributed by atoms with van der Waals surface area (Å²) in [6.07, 6.45) is 1.79. The highest BCUT2D eigenvalue weighted by atomic mass is 16.1. The highest BCUT2D eigenvalue weighted by Gasteiger charge is 2.24. The molecule has 1 aromatic carbocycles. The Labute approximate surface area is 89.7 Å². The van der Waals surface area contributed by atoms with Crippen molar-refractivity contribution in [3.8, 4) is 0 Å². The summed E-state index contributed by atoms with van der Waals surface area (Å²) in [4.78, 5) is 11.6. The number of hydrogen-bond acceptors (Lipinski definition) is 2. The quantitative estimate of drug-likeness (QED) is 0.763. The fourth-order valence-corrected chi connectivity index (χ4v) is 1.94. The first-order valence-corrected chi connectivity index (χ1v) is 5.37. The summed E-state index contributed by atoms with van der Waals surface area (Å²) < 4.78 is 0. The van der Waals surface area contributed by atoms with Gasteiger partial charge in [-0.05, 0) is 30.0 Å². The second-order valence-electron chi connectivity index (χ2n) is 3.97. The molecule has 2 rings (SSSR count). The lowest BCUT2D eigenvalue weighted by molar-refractivity contribution is -0.119. The van der Waals surface area contributed by atoms with Gasteiger partial charge in [-0.1, -0.05) is 19.1 Å². The minimum absolute atomic E-state index is 0.0502. The summed E-state index contributed by atoms with van der Waals surface area (Å²) in [5.74, 6) is -0.0149. The molecule has 3 N–H and O–H groups in total. The van der Waals surface area contributed by atoms with Gasteiger partial charge in [0.25, 0.3) is 0 Å². The van der Waals surface area contributed by atoms with Crippen LogP contribution in [0.1, 0.15) is 18.1 Å². The van der Waals surface area contributed by atoms with Crippen molar-refractivity contribution >= 4 is 11.6 Å². The number of rotatable bonds is 2. The van der Waals surface area contributed by atoms with Crippen molar-refractivity contribution in [3.63, 3.8) is 0 Å². The van der Waals surface area contributed by atoms with Crippen LogP contribution in [0, 0.1) is 5.92 Å². The van der Waals surface area contributed by atoms with Gasteiger partial charge in [0.2, 0.25) is 5.91 Å². The molecule has 3 nitrogen and oxygen atoms in total. The van der Waals surface area contributed by atoms with E-state index in [0.717, 1.165) is 18.5 Å². The summed E-state index contributed by atoms with van der Waals surface area (Å²) in [6, 6.07) is 6.21. The molecule has 1 aliphatic heterocycles. The van der Waals surface area contributed by atoms with E-state index in [2.05, 4.69) is 24.4 Å². The number of anilines is 1. The van der Waals surface area contributed by atoms with E-state index in [-0.39, 0.29) is 11.8 Å². The van der Waals surface area contributed by atoms with Gasteiger partial charge in [0.1, 0.15) is 0 Å². The van der Waals surface area contributed by atoms with Crippen molar-refractivity contribution in [1.29, 1.82) is 0 Å². The van der Waals surface area contributed by atoms with Gasteiger partial charge < -0.3 is 11.1 Å². The van der Waals surface area contributed by atoms with Crippen LogP contribution in [0.5, 0.6) is 0 Å². The van der Waals surface area contributed by atoms with Gasteiger partial charge in [0.15, 0.2) is 0 Å². The van der Waals surface area contributed by atoms with E-state index in [1.807, 2.05) is 6.07 Å². The molecule has 1 aromatic rings. The van der Waals surface area contributed by atoms with E-state index in [4.69, 9.17) is 5.73 Å². The number of aryl methyl sites for hydroxylation is 1. The van der Waals surface area contributed by atoms with E-state index >= 15 is 0 Å². The maximum atomic E-state index is 11.6. The maximum absolute atomic E-state index is 11.6. The van der Waals surface area contributed by atoms with Gasteiger partial charge in [-0.25, -0.2) is 0 Å². The minimum atomic E-state index is -0.0652. The van der Waals surface area contributed by atoms with Crippen molar-refractivity contribution in [1.82, 2.24) is 0 Å². The van der Waals surface area contributed by atoms with Gasteiger partial charge >= 0.3 is 0 Å². The lowest BCUT2D eigenvalue weighted by Gasteiger charge is -2.24. The lowest BCUT2D eigenvalue weighted by Crippen LogP contribution is -2.34. The zero-order valence-electron chi connectivity index (χ0n) is 8.92. The molecule has 15 heavy (non-hydrogen) atoms. The number of carbonyl (C=O) groups is 1. The number of nitrogens with two attached hydrogens (primary N) is 1. The van der Waals surface area contributed by atoms with Gasteiger partial charge in [-0.2, -0.15) is 0 Å². The molecule has 0 saturated carbocycles. The fraction of sp³-hybridized carbons (Fsp3) is 0.417. The highest BCUT2D eigenvalue weighted by Crippen LogP contribution is 2.26. The molecule has 0 saturated heterocycles. The largest absolute Gasteiger partial charge is 0.330 e. The average Bonchev–Trinajstić information content (AvgIpc) is 2.27. The molecule has 1 atom stereocenters. The van der Waals surface area contributed by atoms with Gasteiger partial charge in [0.05, 0.1) is 5.92 Å². The third-order valence-corrected chi connectivity index (χ3v) is 2.96. The Morgan fingerprint density at radius 3 is 3.00 bits per heavy atom. The van der Waals surface area contributed by atoms with E-state index in [1.54, 1.807) is 0 Å². The van der Waals surface area contributed by atoms with Crippen molar-refractivity contribution in [2.24, 2.45) is 11.7 Å². The van der Waals surface area contributed by atoms with Crippen LogP contribution in [-0.4, -0.2) is 12.5 Å². The first kappa shape index (κ1) is 10.2. The molecule has 80 valence electrons. The minimum Gasteiger partial charge on any atom is -0.330 e. The Morgan fingerprint density at radius 2 is 2.33 bits per heavy atom. The van der Waals surface area contributed by atoms with Crippen LogP contribution in [0.2, 0.25) is 0 Å². The van der Waals surface area contributed by atoms with Crippen molar-refractivity contribution in [3.05, 3.63) is 29.3 Å². The van der Waals surface area contributed by atoms with Crippen LogP contribution in [0.3, 0.4) is 0 Å². The smallest absolute Gasteiger partial charge is 0.229 e. The monoisotopic (exact) mass is 204 g/mol. The summed E-state index contributed by atoms with van der Waals surface area (Å²) >= 11 is 0. The third kappa shape index (κ3) is 1.88. The number of amides is 1. The first-order valence-electron chi connectivity index (χ1n) is 5.37. The summed E-state index contributed by atoms with van der Waals surface area (Å²) in [5, 5.41) is 2.89. The van der Waals surface area contributed by atoms with Gasteiger partial charge in [0, 0.05) is 12.2 Å². The predicted molar refractivity (Wildman–Crippen MR) is 60.7 cm³/mol. The molecule has 1 heterocycles. The number of benzene rings is 1. The van der Waals surface area contributed by atoms with Crippen LogP contribution in [-0.2, 0) is 17.6 Å². The van der Waals surface area contributed by atoms with Crippen LogP contribution in [0.15, 0.2) is 18.2 Å². The Hall–Kier alpha value is -1.35. The molecule has 0 aliphatic carbocycles. The van der Waals surface area contributed by atoms with E-state index in [1.165, 1.54) is 11.1 Å². The number of fused-ring (bicyclic) bond motifs is 1. The average molecular weight is 204 g/mol. The fourth-order valence-electron chi connectivity index (χ4n) is 1.94. The Balaban J connectivity index is 2.33. The molecule has 1 aliphatic rings. The topological polar surface area (TPSA) is 55.1 Å². The second kappa shape index (κ2) is 4.03. The number of carbonyl (C=O) groups excluding carboxylic acids is 1. The molecule has 3 heteroatoms. The zero-order chi connectivity index (χ0) is 10.8. The van der Waals surface area contributed by atoms with Gasteiger partial charge in [-0.3, -0.25) is 4.79 Å². The van der Waals surface area contributed by atoms with Crippen molar-refractivity contribution in [2.75, 3.05) is 11.9 Å². The second-order valence-corrected chi connectivity index (χ2v) is 3.97. The van der Waals surface area contributed by atoms with Crippen LogP contribution >= 0.6 is 0 Å². The van der Waals surface area contributed by atoms with Crippen LogP contribution in [0.4, 0.5) is 5.69 Å². The van der Waals surface area contributed by atoms with E-state index in [0.29, 0.717) is 6.54 Å². The summed E-state index contributed by atoms with van der Waals surface area (Å²) in [6.45, 7) is 2.55. The molecule has 1 amide bonds. The molecule has 0 aromatic heterocycles. The maximum Gasteiger partial charge on any atom is 0.229 e. The first-order chi connectivity index (χ1) is 7.24. The summed E-state index contributed by atoms with van der Waals surface area (Å²) in [5.41, 5.74) is 9.03. The molecule has 0 spiro atoms. The lowest BCUT2D eigenvalue weighted by atomic mass is 9.92. The number of nitrogens with one attached hydrogen (secondary N) is 1. The number of hydrogen-bond donors (Lipinski definition) is 2. The normalized spacial score (nSPS) is 19.6. The Morgan fingerprint density at radius 1 is 1.53 bits per heavy atom. The van der Waals surface area contributed by atoms with E-state index < -0.39 is 0 Å². The third-order valence-electron chi connectivity index (χ3n) is 2.96. The predicted octanol–water partition coefficient (Wildman–Crippen LogP) is 1.32. The van der Waals surface area contributed by atoms with Gasteiger partial charge in [-0.15, -0.1) is 0 Å². The molecular weight excluding hydrogens is 188 g/mol. The molecule has 0 bridgehead atoms. The highest BCUT2D eigenvalue weighted by molar-refractivity contribution is 5.95. The molecule has 0 radical (unpaired) electrons. The standard InChI is InChI=1S/C12H16N2O/c1-2-8-3-4-11-9(5-8)6-10(7-13)12(15)14-11/h3-5,10H,2,6-7,13H2,1H3,(H,14,15). The van der Waals surface area contributed by atoms with E-state index in [9.17, 15) is 4.79 Å².